The molecular formula is C17H16N4O2. The number of aromatic nitrogens is 3. The number of H-pyrrole nitrogens is 1. The number of rotatable bonds is 3. The maximum Gasteiger partial charge on any atom is 0.257 e. The smallest absolute Gasteiger partial charge is 0.257 e. The lowest BCUT2D eigenvalue weighted by Crippen LogP contribution is -2.11. The molecule has 3 heterocycles. The quantitative estimate of drug-likeness (QED) is 0.779. The Morgan fingerprint density at radius 1 is 1.35 bits per heavy atom. The summed E-state index contributed by atoms with van der Waals surface area (Å²) in [6, 6.07) is 9.09. The number of benzene rings is 1. The van der Waals surface area contributed by atoms with Gasteiger partial charge in [0.25, 0.3) is 5.91 Å². The second-order valence-electron chi connectivity index (χ2n) is 5.55. The molecule has 116 valence electrons. The third-order valence-electron chi connectivity index (χ3n) is 3.92. The van der Waals surface area contributed by atoms with Gasteiger partial charge in [-0.25, -0.2) is 4.98 Å². The summed E-state index contributed by atoms with van der Waals surface area (Å²) in [5.74, 6) is 0.671. The van der Waals surface area contributed by atoms with Gasteiger partial charge in [-0.3, -0.25) is 9.78 Å². The number of nitrogens with one attached hydrogen (secondary N) is 2. The van der Waals surface area contributed by atoms with Crippen LogP contribution in [0.4, 0.5) is 5.69 Å². The SMILES string of the molecule is O=C(Nc1ccc2nc(C3CCCO3)[nH]c2c1)c1cccnc1. The average molecular weight is 308 g/mol. The van der Waals surface area contributed by atoms with Gasteiger partial charge < -0.3 is 15.0 Å². The number of amides is 1. The second-order valence-corrected chi connectivity index (χ2v) is 5.55. The van der Waals surface area contributed by atoms with Crippen LogP contribution in [0.3, 0.4) is 0 Å². The van der Waals surface area contributed by atoms with Crippen LogP contribution in [0, 0.1) is 0 Å². The van der Waals surface area contributed by atoms with Crippen LogP contribution >= 0.6 is 0 Å². The van der Waals surface area contributed by atoms with E-state index in [-0.39, 0.29) is 12.0 Å². The molecule has 1 unspecified atom stereocenters. The van der Waals surface area contributed by atoms with Crippen molar-refractivity contribution >= 4 is 22.6 Å². The second kappa shape index (κ2) is 5.81. The van der Waals surface area contributed by atoms with Gasteiger partial charge in [0.2, 0.25) is 0 Å². The minimum absolute atomic E-state index is 0.0517. The Balaban J connectivity index is 1.57. The summed E-state index contributed by atoms with van der Waals surface area (Å²) in [7, 11) is 0. The van der Waals surface area contributed by atoms with E-state index in [0.29, 0.717) is 11.3 Å². The molecule has 1 aliphatic rings. The van der Waals surface area contributed by atoms with Gasteiger partial charge >= 0.3 is 0 Å². The number of fused-ring (bicyclic) bond motifs is 1. The van der Waals surface area contributed by atoms with Crippen LogP contribution in [-0.4, -0.2) is 27.5 Å². The van der Waals surface area contributed by atoms with Crippen LogP contribution in [0.25, 0.3) is 11.0 Å². The number of nitrogens with zero attached hydrogens (tertiary/aromatic N) is 2. The molecule has 1 saturated heterocycles. The van der Waals surface area contributed by atoms with Crippen molar-refractivity contribution in [1.29, 1.82) is 0 Å². The zero-order valence-electron chi connectivity index (χ0n) is 12.5. The van der Waals surface area contributed by atoms with Crippen molar-refractivity contribution < 1.29 is 9.53 Å². The highest BCUT2D eigenvalue weighted by molar-refractivity contribution is 6.04. The van der Waals surface area contributed by atoms with E-state index >= 15 is 0 Å². The molecule has 0 radical (unpaired) electrons. The van der Waals surface area contributed by atoms with E-state index in [4.69, 9.17) is 4.74 Å². The van der Waals surface area contributed by atoms with Crippen molar-refractivity contribution in [3.05, 3.63) is 54.1 Å². The molecule has 1 aromatic carbocycles. The first-order valence-electron chi connectivity index (χ1n) is 7.62. The monoisotopic (exact) mass is 308 g/mol. The fourth-order valence-electron chi connectivity index (χ4n) is 2.75. The van der Waals surface area contributed by atoms with Gasteiger partial charge in [0.05, 0.1) is 16.6 Å². The molecule has 0 bridgehead atoms. The summed E-state index contributed by atoms with van der Waals surface area (Å²) in [6.45, 7) is 0.786. The first-order valence-corrected chi connectivity index (χ1v) is 7.62. The number of imidazole rings is 1. The molecular weight excluding hydrogens is 292 g/mol. The highest BCUT2D eigenvalue weighted by Crippen LogP contribution is 2.28. The van der Waals surface area contributed by atoms with Gasteiger partial charge in [-0.2, -0.15) is 0 Å². The highest BCUT2D eigenvalue weighted by Gasteiger charge is 2.21. The van der Waals surface area contributed by atoms with Crippen molar-refractivity contribution in [3.63, 3.8) is 0 Å². The van der Waals surface area contributed by atoms with Crippen molar-refractivity contribution in [1.82, 2.24) is 15.0 Å². The zero-order valence-corrected chi connectivity index (χ0v) is 12.5. The third kappa shape index (κ3) is 2.80. The number of hydrogen-bond donors (Lipinski definition) is 2. The lowest BCUT2D eigenvalue weighted by atomic mass is 10.2. The summed E-state index contributed by atoms with van der Waals surface area (Å²) >= 11 is 0. The molecule has 6 nitrogen and oxygen atoms in total. The lowest BCUT2D eigenvalue weighted by molar-refractivity contribution is 0.102. The molecule has 6 heteroatoms. The van der Waals surface area contributed by atoms with Gasteiger partial charge in [-0.15, -0.1) is 0 Å². The Hall–Kier alpha value is -2.73. The number of aromatic amines is 1. The van der Waals surface area contributed by atoms with E-state index in [9.17, 15) is 4.79 Å². The maximum atomic E-state index is 12.2. The molecule has 0 saturated carbocycles. The number of anilines is 1. The maximum absolute atomic E-state index is 12.2. The third-order valence-corrected chi connectivity index (χ3v) is 3.92. The molecule has 0 aliphatic carbocycles. The average Bonchev–Trinajstić information content (AvgIpc) is 3.24. The van der Waals surface area contributed by atoms with E-state index in [1.807, 2.05) is 18.2 Å². The van der Waals surface area contributed by atoms with Gasteiger partial charge in [-0.1, -0.05) is 0 Å². The Morgan fingerprint density at radius 2 is 2.30 bits per heavy atom. The fraction of sp³-hybridized carbons (Fsp3) is 0.235. The Morgan fingerprint density at radius 3 is 3.09 bits per heavy atom. The van der Waals surface area contributed by atoms with Gasteiger partial charge in [0, 0.05) is 24.7 Å². The largest absolute Gasteiger partial charge is 0.370 e. The van der Waals surface area contributed by atoms with E-state index in [1.54, 1.807) is 24.5 Å². The van der Waals surface area contributed by atoms with E-state index in [2.05, 4.69) is 20.3 Å². The number of pyridine rings is 1. The fourth-order valence-corrected chi connectivity index (χ4v) is 2.75. The van der Waals surface area contributed by atoms with Gasteiger partial charge in [0.15, 0.2) is 0 Å². The highest BCUT2D eigenvalue weighted by atomic mass is 16.5. The van der Waals surface area contributed by atoms with E-state index in [0.717, 1.165) is 36.3 Å². The van der Waals surface area contributed by atoms with Crippen LogP contribution < -0.4 is 5.32 Å². The normalized spacial score (nSPS) is 17.5. The van der Waals surface area contributed by atoms with Gasteiger partial charge in [0.1, 0.15) is 11.9 Å². The van der Waals surface area contributed by atoms with Crippen LogP contribution in [0.1, 0.15) is 35.1 Å². The molecule has 1 fully saturated rings. The first-order chi connectivity index (χ1) is 11.3. The van der Waals surface area contributed by atoms with Gasteiger partial charge in [-0.05, 0) is 43.2 Å². The van der Waals surface area contributed by atoms with Crippen molar-refractivity contribution in [2.75, 3.05) is 11.9 Å². The predicted molar refractivity (Wildman–Crippen MR) is 86.2 cm³/mol. The first kappa shape index (κ1) is 13.9. The molecule has 1 amide bonds. The van der Waals surface area contributed by atoms with E-state index in [1.165, 1.54) is 0 Å². The Labute approximate surface area is 132 Å². The molecule has 23 heavy (non-hydrogen) atoms. The molecule has 2 N–H and O–H groups in total. The Bertz CT molecular complexity index is 838. The molecule has 1 aliphatic heterocycles. The van der Waals surface area contributed by atoms with Crippen LogP contribution in [0.2, 0.25) is 0 Å². The molecule has 4 rings (SSSR count). The zero-order chi connectivity index (χ0) is 15.6. The molecule has 3 aromatic rings. The molecule has 1 atom stereocenters. The lowest BCUT2D eigenvalue weighted by Gasteiger charge is -2.04. The number of ether oxygens (including phenoxy) is 1. The molecule has 2 aromatic heterocycles. The van der Waals surface area contributed by atoms with Crippen molar-refractivity contribution in [3.8, 4) is 0 Å². The number of carbonyl (C=O) groups excluding carboxylic acids is 1. The predicted octanol–water partition coefficient (Wildman–Crippen LogP) is 3.06. The summed E-state index contributed by atoms with van der Waals surface area (Å²) in [4.78, 5) is 24.0. The van der Waals surface area contributed by atoms with E-state index < -0.39 is 0 Å². The minimum Gasteiger partial charge on any atom is -0.370 e. The Kier molecular flexibility index (Phi) is 3.51. The van der Waals surface area contributed by atoms with Crippen LogP contribution in [0.15, 0.2) is 42.7 Å². The van der Waals surface area contributed by atoms with Crippen molar-refractivity contribution in [2.45, 2.75) is 18.9 Å². The number of carbonyl (C=O) groups is 1. The number of hydrogen-bond acceptors (Lipinski definition) is 4. The summed E-state index contributed by atoms with van der Waals surface area (Å²) in [6.07, 6.45) is 5.29. The van der Waals surface area contributed by atoms with Crippen LogP contribution in [0.5, 0.6) is 0 Å². The molecule has 0 spiro atoms. The standard InChI is InChI=1S/C17H16N4O2/c22-17(11-3-1-7-18-10-11)19-12-5-6-13-14(9-12)21-16(20-13)15-4-2-8-23-15/h1,3,5-7,9-10,15H,2,4,8H2,(H,19,22)(H,20,21). The summed E-state index contributed by atoms with van der Waals surface area (Å²) < 4.78 is 5.65. The topological polar surface area (TPSA) is 79.9 Å². The summed E-state index contributed by atoms with van der Waals surface area (Å²) in [5, 5.41) is 2.87. The summed E-state index contributed by atoms with van der Waals surface area (Å²) in [5.41, 5.74) is 3.00. The minimum atomic E-state index is -0.184. The van der Waals surface area contributed by atoms with Crippen molar-refractivity contribution in [2.24, 2.45) is 0 Å². The van der Waals surface area contributed by atoms with Crippen LogP contribution in [-0.2, 0) is 4.74 Å².